The number of hydrogen-bond donors (Lipinski definition) is 2. The molecule has 6 heteroatoms. The zero-order chi connectivity index (χ0) is 17.4. The molecule has 0 saturated heterocycles. The molecule has 0 aliphatic carbocycles. The molecule has 0 fully saturated rings. The Morgan fingerprint density at radius 2 is 2.04 bits per heavy atom. The zero-order valence-corrected chi connectivity index (χ0v) is 14.3. The van der Waals surface area contributed by atoms with Gasteiger partial charge in [-0.05, 0) is 50.1 Å². The summed E-state index contributed by atoms with van der Waals surface area (Å²) >= 11 is 5.95. The van der Waals surface area contributed by atoms with Crippen LogP contribution < -0.4 is 10.6 Å². The molecule has 0 radical (unpaired) electrons. The Hall–Kier alpha value is -2.40. The lowest BCUT2D eigenvalue weighted by atomic mass is 10.1. The van der Waals surface area contributed by atoms with Gasteiger partial charge in [-0.2, -0.15) is 0 Å². The molecule has 0 bridgehead atoms. The summed E-state index contributed by atoms with van der Waals surface area (Å²) in [5.74, 6) is -0.400. The fourth-order valence-electron chi connectivity index (χ4n) is 2.26. The highest BCUT2D eigenvalue weighted by molar-refractivity contribution is 6.31. The van der Waals surface area contributed by atoms with Gasteiger partial charge in [0.1, 0.15) is 0 Å². The number of carbonyl (C=O) groups excluding carboxylic acids is 2. The van der Waals surface area contributed by atoms with Crippen molar-refractivity contribution >= 4 is 29.1 Å². The quantitative estimate of drug-likeness (QED) is 0.807. The van der Waals surface area contributed by atoms with Gasteiger partial charge in [-0.15, -0.1) is 0 Å². The van der Waals surface area contributed by atoms with E-state index >= 15 is 0 Å². The molecule has 0 unspecified atom stereocenters. The molecular formula is C18H20ClN3O2. The van der Waals surface area contributed by atoms with Gasteiger partial charge in [0.25, 0.3) is 5.91 Å². The summed E-state index contributed by atoms with van der Waals surface area (Å²) in [7, 11) is 0. The van der Waals surface area contributed by atoms with Gasteiger partial charge >= 0.3 is 0 Å². The molecule has 0 saturated carbocycles. The number of carbonyl (C=O) groups is 2. The monoisotopic (exact) mass is 345 g/mol. The molecule has 1 aromatic carbocycles. The number of pyridine rings is 1. The third kappa shape index (κ3) is 5.35. The molecular weight excluding hydrogens is 326 g/mol. The minimum Gasteiger partial charge on any atom is -0.352 e. The number of halogens is 1. The van der Waals surface area contributed by atoms with Gasteiger partial charge in [0.2, 0.25) is 5.91 Å². The van der Waals surface area contributed by atoms with E-state index in [0.717, 1.165) is 12.1 Å². The lowest BCUT2D eigenvalue weighted by Crippen LogP contribution is -2.24. The highest BCUT2D eigenvalue weighted by Crippen LogP contribution is 2.21. The molecule has 2 aromatic rings. The lowest BCUT2D eigenvalue weighted by Gasteiger charge is -2.11. The van der Waals surface area contributed by atoms with Crippen LogP contribution in [0.3, 0.4) is 0 Å². The zero-order valence-electron chi connectivity index (χ0n) is 13.5. The summed E-state index contributed by atoms with van der Waals surface area (Å²) in [6.07, 6.45) is 3.51. The minimum atomic E-state index is -0.260. The van der Waals surface area contributed by atoms with E-state index in [9.17, 15) is 9.59 Å². The van der Waals surface area contributed by atoms with Crippen molar-refractivity contribution in [3.05, 3.63) is 58.9 Å². The van der Waals surface area contributed by atoms with E-state index in [1.54, 1.807) is 24.4 Å². The number of aromatic nitrogens is 1. The Labute approximate surface area is 146 Å². The van der Waals surface area contributed by atoms with E-state index < -0.39 is 0 Å². The van der Waals surface area contributed by atoms with Crippen molar-refractivity contribution in [3.8, 4) is 0 Å². The maximum absolute atomic E-state index is 12.1. The van der Waals surface area contributed by atoms with Gasteiger partial charge in [-0.1, -0.05) is 17.7 Å². The van der Waals surface area contributed by atoms with E-state index in [-0.39, 0.29) is 11.8 Å². The number of nitrogens with zero attached hydrogens (tertiary/aromatic N) is 1. The predicted molar refractivity (Wildman–Crippen MR) is 95.3 cm³/mol. The van der Waals surface area contributed by atoms with Crippen molar-refractivity contribution in [3.63, 3.8) is 0 Å². The third-order valence-electron chi connectivity index (χ3n) is 3.40. The van der Waals surface area contributed by atoms with Crippen molar-refractivity contribution in [2.24, 2.45) is 0 Å². The van der Waals surface area contributed by atoms with Crippen molar-refractivity contribution < 1.29 is 9.59 Å². The first-order valence-corrected chi connectivity index (χ1v) is 8.25. The molecule has 2 N–H and O–H groups in total. The standard InChI is InChI=1S/C18H20ClN3O2/c1-2-20-18(24)15-12-13(19)9-10-16(15)22-17(23)8-5-7-14-6-3-4-11-21-14/h3-4,6,9-12H,2,5,7-8H2,1H3,(H,20,24)(H,22,23). The molecule has 24 heavy (non-hydrogen) atoms. The normalized spacial score (nSPS) is 10.2. The van der Waals surface area contributed by atoms with Crippen molar-refractivity contribution in [1.29, 1.82) is 0 Å². The van der Waals surface area contributed by atoms with Crippen LogP contribution in [0.1, 0.15) is 35.8 Å². The second-order valence-corrected chi connectivity index (χ2v) is 5.71. The van der Waals surface area contributed by atoms with Gasteiger partial charge < -0.3 is 10.6 Å². The fourth-order valence-corrected chi connectivity index (χ4v) is 2.43. The van der Waals surface area contributed by atoms with Crippen molar-refractivity contribution in [2.75, 3.05) is 11.9 Å². The summed E-state index contributed by atoms with van der Waals surface area (Å²) in [6.45, 7) is 2.33. The van der Waals surface area contributed by atoms with E-state index in [0.29, 0.717) is 35.7 Å². The molecule has 2 rings (SSSR count). The van der Waals surface area contributed by atoms with Crippen LogP contribution in [-0.4, -0.2) is 23.3 Å². The van der Waals surface area contributed by atoms with Gasteiger partial charge in [-0.25, -0.2) is 0 Å². The predicted octanol–water partition coefficient (Wildman–Crippen LogP) is 3.45. The SMILES string of the molecule is CCNC(=O)c1cc(Cl)ccc1NC(=O)CCCc1ccccn1. The van der Waals surface area contributed by atoms with Gasteiger partial charge in [-0.3, -0.25) is 14.6 Å². The average molecular weight is 346 g/mol. The maximum Gasteiger partial charge on any atom is 0.253 e. The first-order valence-electron chi connectivity index (χ1n) is 7.87. The lowest BCUT2D eigenvalue weighted by molar-refractivity contribution is -0.116. The first-order chi connectivity index (χ1) is 11.6. The second kappa shape index (κ2) is 9.03. The second-order valence-electron chi connectivity index (χ2n) is 5.27. The van der Waals surface area contributed by atoms with Crippen molar-refractivity contribution in [1.82, 2.24) is 10.3 Å². The molecule has 1 aromatic heterocycles. The number of rotatable bonds is 7. The van der Waals surface area contributed by atoms with Crippen LogP contribution in [0.4, 0.5) is 5.69 Å². The molecule has 0 atom stereocenters. The van der Waals surface area contributed by atoms with E-state index in [1.165, 1.54) is 0 Å². The summed E-state index contributed by atoms with van der Waals surface area (Å²) in [6, 6.07) is 10.6. The molecule has 1 heterocycles. The van der Waals surface area contributed by atoms with Gasteiger partial charge in [0.15, 0.2) is 0 Å². The Kier molecular flexibility index (Phi) is 6.75. The first kappa shape index (κ1) is 17.9. The highest BCUT2D eigenvalue weighted by Gasteiger charge is 2.13. The Morgan fingerprint density at radius 1 is 1.21 bits per heavy atom. The number of benzene rings is 1. The molecule has 5 nitrogen and oxygen atoms in total. The summed E-state index contributed by atoms with van der Waals surface area (Å²) in [5, 5.41) is 5.94. The van der Waals surface area contributed by atoms with E-state index in [1.807, 2.05) is 25.1 Å². The van der Waals surface area contributed by atoms with Crippen LogP contribution in [0.5, 0.6) is 0 Å². The van der Waals surface area contributed by atoms with Crippen LogP contribution in [0.25, 0.3) is 0 Å². The Bertz CT molecular complexity index is 705. The smallest absolute Gasteiger partial charge is 0.253 e. The number of hydrogen-bond acceptors (Lipinski definition) is 3. The third-order valence-corrected chi connectivity index (χ3v) is 3.64. The van der Waals surface area contributed by atoms with Gasteiger partial charge in [0.05, 0.1) is 11.3 Å². The van der Waals surface area contributed by atoms with Crippen LogP contribution >= 0.6 is 11.6 Å². The van der Waals surface area contributed by atoms with Crippen LogP contribution in [0.15, 0.2) is 42.6 Å². The number of aryl methyl sites for hydroxylation is 1. The summed E-state index contributed by atoms with van der Waals surface area (Å²) in [4.78, 5) is 28.4. The molecule has 0 aliphatic rings. The Morgan fingerprint density at radius 3 is 2.75 bits per heavy atom. The minimum absolute atomic E-state index is 0.140. The van der Waals surface area contributed by atoms with Crippen LogP contribution in [-0.2, 0) is 11.2 Å². The summed E-state index contributed by atoms with van der Waals surface area (Å²) in [5.41, 5.74) is 1.79. The Balaban J connectivity index is 1.94. The molecule has 126 valence electrons. The fraction of sp³-hybridized carbons (Fsp3) is 0.278. The average Bonchev–Trinajstić information content (AvgIpc) is 2.57. The van der Waals surface area contributed by atoms with Crippen LogP contribution in [0.2, 0.25) is 5.02 Å². The highest BCUT2D eigenvalue weighted by atomic mass is 35.5. The van der Waals surface area contributed by atoms with Crippen molar-refractivity contribution in [2.45, 2.75) is 26.2 Å². The number of anilines is 1. The maximum atomic E-state index is 12.1. The summed E-state index contributed by atoms with van der Waals surface area (Å²) < 4.78 is 0. The van der Waals surface area contributed by atoms with Crippen LogP contribution in [0, 0.1) is 0 Å². The number of amides is 2. The molecule has 0 spiro atoms. The number of nitrogens with one attached hydrogen (secondary N) is 2. The molecule has 2 amide bonds. The molecule has 0 aliphatic heterocycles. The topological polar surface area (TPSA) is 71.1 Å². The van der Waals surface area contributed by atoms with Gasteiger partial charge in [0, 0.05) is 29.9 Å². The van der Waals surface area contributed by atoms with E-state index in [2.05, 4.69) is 15.6 Å². The largest absolute Gasteiger partial charge is 0.352 e. The van der Waals surface area contributed by atoms with E-state index in [4.69, 9.17) is 11.6 Å².